The van der Waals surface area contributed by atoms with Gasteiger partial charge in [0.15, 0.2) is 5.65 Å². The van der Waals surface area contributed by atoms with E-state index in [1.807, 2.05) is 28.8 Å². The van der Waals surface area contributed by atoms with Crippen LogP contribution in [0.15, 0.2) is 40.8 Å². The number of nitrogens with two attached hydrogens (primary N) is 1. The van der Waals surface area contributed by atoms with Crippen molar-refractivity contribution in [3.05, 3.63) is 35.6 Å². The van der Waals surface area contributed by atoms with E-state index in [4.69, 9.17) is 17.3 Å². The van der Waals surface area contributed by atoms with E-state index in [2.05, 4.69) is 20.2 Å². The van der Waals surface area contributed by atoms with E-state index in [1.165, 1.54) is 18.0 Å². The zero-order chi connectivity index (χ0) is 12.5. The molecule has 0 spiro atoms. The summed E-state index contributed by atoms with van der Waals surface area (Å²) >= 11 is 7.30. The number of aromatic nitrogens is 5. The minimum atomic E-state index is 0.177. The van der Waals surface area contributed by atoms with Gasteiger partial charge in [0, 0.05) is 6.20 Å². The number of nitrogen functional groups attached to an aromatic ring is 1. The fourth-order valence-corrected chi connectivity index (χ4v) is 2.41. The molecule has 0 aliphatic carbocycles. The van der Waals surface area contributed by atoms with Crippen LogP contribution in [0.2, 0.25) is 5.02 Å². The number of hydrogen-bond acceptors (Lipinski definition) is 6. The normalized spacial score (nSPS) is 10.9. The summed E-state index contributed by atoms with van der Waals surface area (Å²) in [6, 6.07) is 5.66. The second kappa shape index (κ2) is 4.43. The second-order valence-electron chi connectivity index (χ2n) is 3.39. The molecule has 0 saturated carbocycles. The van der Waals surface area contributed by atoms with E-state index in [0.29, 0.717) is 15.2 Å². The maximum absolute atomic E-state index is 6.01. The van der Waals surface area contributed by atoms with E-state index in [-0.39, 0.29) is 5.95 Å². The van der Waals surface area contributed by atoms with Crippen LogP contribution in [0.1, 0.15) is 0 Å². The van der Waals surface area contributed by atoms with Crippen LogP contribution in [-0.2, 0) is 0 Å². The van der Waals surface area contributed by atoms with E-state index >= 15 is 0 Å². The molecular formula is C10H7ClN6S. The van der Waals surface area contributed by atoms with Gasteiger partial charge in [0.1, 0.15) is 5.03 Å². The lowest BCUT2D eigenvalue weighted by Gasteiger charge is -2.01. The van der Waals surface area contributed by atoms with Crippen molar-refractivity contribution >= 4 is 35.0 Å². The van der Waals surface area contributed by atoms with Gasteiger partial charge in [-0.1, -0.05) is 17.7 Å². The highest BCUT2D eigenvalue weighted by atomic mass is 35.5. The number of pyridine rings is 1. The summed E-state index contributed by atoms with van der Waals surface area (Å²) in [5, 5.41) is 9.78. The third-order valence-electron chi connectivity index (χ3n) is 2.20. The van der Waals surface area contributed by atoms with E-state index < -0.39 is 0 Å². The molecule has 0 atom stereocenters. The molecule has 0 fully saturated rings. The van der Waals surface area contributed by atoms with Crippen LogP contribution in [0, 0.1) is 0 Å². The molecule has 0 radical (unpaired) electrons. The predicted molar refractivity (Wildman–Crippen MR) is 68.6 cm³/mol. The Morgan fingerprint density at radius 1 is 1.28 bits per heavy atom. The zero-order valence-electron chi connectivity index (χ0n) is 8.99. The SMILES string of the molecule is Nc1ncc(Cl)c(Sc2nnc3ccccn23)n1. The highest BCUT2D eigenvalue weighted by molar-refractivity contribution is 7.99. The third-order valence-corrected chi connectivity index (χ3v) is 3.56. The molecule has 3 heterocycles. The Morgan fingerprint density at radius 2 is 2.17 bits per heavy atom. The van der Waals surface area contributed by atoms with Crippen molar-refractivity contribution in [3.8, 4) is 0 Å². The number of nitrogens with zero attached hydrogens (tertiary/aromatic N) is 5. The first kappa shape index (κ1) is 11.2. The first-order valence-electron chi connectivity index (χ1n) is 4.99. The van der Waals surface area contributed by atoms with Gasteiger partial charge in [-0.3, -0.25) is 4.40 Å². The molecule has 18 heavy (non-hydrogen) atoms. The maximum atomic E-state index is 6.01. The monoisotopic (exact) mass is 278 g/mol. The molecule has 3 aromatic heterocycles. The average Bonchev–Trinajstić information content (AvgIpc) is 2.78. The Morgan fingerprint density at radius 3 is 3.06 bits per heavy atom. The van der Waals surface area contributed by atoms with Crippen LogP contribution in [0.3, 0.4) is 0 Å². The molecule has 0 aliphatic heterocycles. The molecule has 0 aromatic carbocycles. The van der Waals surface area contributed by atoms with Gasteiger partial charge < -0.3 is 5.73 Å². The van der Waals surface area contributed by atoms with Crippen molar-refractivity contribution in [3.63, 3.8) is 0 Å². The number of rotatable bonds is 2. The topological polar surface area (TPSA) is 82.0 Å². The van der Waals surface area contributed by atoms with Gasteiger partial charge in [0.2, 0.25) is 11.1 Å². The Hall–Kier alpha value is -1.86. The number of fused-ring (bicyclic) bond motifs is 1. The first-order valence-corrected chi connectivity index (χ1v) is 6.19. The summed E-state index contributed by atoms with van der Waals surface area (Å²) in [6.07, 6.45) is 3.34. The maximum Gasteiger partial charge on any atom is 0.221 e. The summed E-state index contributed by atoms with van der Waals surface area (Å²) in [7, 11) is 0. The lowest BCUT2D eigenvalue weighted by molar-refractivity contribution is 0.915. The molecular weight excluding hydrogens is 272 g/mol. The third kappa shape index (κ3) is 1.98. The standard InChI is InChI=1S/C10H7ClN6S/c11-6-5-13-9(12)14-8(6)18-10-16-15-7-3-1-2-4-17(7)10/h1-5H,(H2,12,13,14). The van der Waals surface area contributed by atoms with Gasteiger partial charge in [-0.25, -0.2) is 9.97 Å². The second-order valence-corrected chi connectivity index (χ2v) is 4.76. The van der Waals surface area contributed by atoms with E-state index in [1.54, 1.807) is 0 Å². The lowest BCUT2D eigenvalue weighted by atomic mass is 10.5. The van der Waals surface area contributed by atoms with Gasteiger partial charge in [-0.05, 0) is 23.9 Å². The smallest absolute Gasteiger partial charge is 0.221 e. The molecule has 0 saturated heterocycles. The summed E-state index contributed by atoms with van der Waals surface area (Å²) in [4.78, 5) is 7.88. The Kier molecular flexibility index (Phi) is 2.77. The largest absolute Gasteiger partial charge is 0.368 e. The van der Waals surface area contributed by atoms with Crippen LogP contribution in [0.4, 0.5) is 5.95 Å². The van der Waals surface area contributed by atoms with Crippen molar-refractivity contribution in [1.29, 1.82) is 0 Å². The minimum Gasteiger partial charge on any atom is -0.368 e. The molecule has 0 amide bonds. The average molecular weight is 279 g/mol. The molecule has 3 aromatic rings. The van der Waals surface area contributed by atoms with Crippen LogP contribution in [0.25, 0.3) is 5.65 Å². The molecule has 2 N–H and O–H groups in total. The zero-order valence-corrected chi connectivity index (χ0v) is 10.6. The Bertz CT molecular complexity index is 712. The molecule has 3 rings (SSSR count). The van der Waals surface area contributed by atoms with Crippen LogP contribution in [-0.4, -0.2) is 24.6 Å². The summed E-state index contributed by atoms with van der Waals surface area (Å²) in [6.45, 7) is 0. The van der Waals surface area contributed by atoms with Crippen molar-refractivity contribution in [1.82, 2.24) is 24.6 Å². The van der Waals surface area contributed by atoms with Gasteiger partial charge >= 0.3 is 0 Å². The van der Waals surface area contributed by atoms with Gasteiger partial charge in [0.25, 0.3) is 0 Å². The van der Waals surface area contributed by atoms with Gasteiger partial charge in [-0.2, -0.15) is 0 Å². The van der Waals surface area contributed by atoms with Gasteiger partial charge in [-0.15, -0.1) is 10.2 Å². The number of anilines is 1. The lowest BCUT2D eigenvalue weighted by Crippen LogP contribution is -1.96. The summed E-state index contributed by atoms with van der Waals surface area (Å²) in [5.41, 5.74) is 6.29. The number of hydrogen-bond donors (Lipinski definition) is 1. The fourth-order valence-electron chi connectivity index (χ4n) is 1.41. The first-order chi connectivity index (χ1) is 8.74. The molecule has 0 unspecified atom stereocenters. The van der Waals surface area contributed by atoms with Crippen molar-refractivity contribution in [2.45, 2.75) is 10.2 Å². The number of halogens is 1. The summed E-state index contributed by atoms with van der Waals surface area (Å²) < 4.78 is 1.85. The highest BCUT2D eigenvalue weighted by Crippen LogP contribution is 2.30. The Balaban J connectivity index is 2.04. The van der Waals surface area contributed by atoms with Crippen LogP contribution >= 0.6 is 23.4 Å². The van der Waals surface area contributed by atoms with E-state index in [0.717, 1.165) is 5.65 Å². The van der Waals surface area contributed by atoms with Crippen LogP contribution < -0.4 is 5.73 Å². The van der Waals surface area contributed by atoms with Crippen LogP contribution in [0.5, 0.6) is 0 Å². The molecule has 6 nitrogen and oxygen atoms in total. The van der Waals surface area contributed by atoms with E-state index in [9.17, 15) is 0 Å². The predicted octanol–water partition coefficient (Wildman–Crippen LogP) is 1.91. The quantitative estimate of drug-likeness (QED) is 0.721. The Labute approximate surface area is 111 Å². The van der Waals surface area contributed by atoms with Gasteiger partial charge in [0.05, 0.1) is 11.2 Å². The molecule has 8 heteroatoms. The molecule has 0 aliphatic rings. The fraction of sp³-hybridized carbons (Fsp3) is 0. The summed E-state index contributed by atoms with van der Waals surface area (Å²) in [5.74, 6) is 0.177. The van der Waals surface area contributed by atoms with Crippen molar-refractivity contribution in [2.75, 3.05) is 5.73 Å². The molecule has 90 valence electrons. The molecule has 0 bridgehead atoms. The van der Waals surface area contributed by atoms with Crippen molar-refractivity contribution < 1.29 is 0 Å². The van der Waals surface area contributed by atoms with Crippen molar-refractivity contribution in [2.24, 2.45) is 0 Å². The highest BCUT2D eigenvalue weighted by Gasteiger charge is 2.11. The minimum absolute atomic E-state index is 0.177.